The maximum absolute atomic E-state index is 13.0. The molecular weight excluding hydrogens is 379 g/mol. The van der Waals surface area contributed by atoms with Crippen LogP contribution in [0.1, 0.15) is 17.1 Å². The molecule has 0 unspecified atom stereocenters. The minimum Gasteiger partial charge on any atom is -0.467 e. The van der Waals surface area contributed by atoms with E-state index in [1.807, 2.05) is 26.0 Å². The third-order valence-electron chi connectivity index (χ3n) is 3.52. The number of aryl methyl sites for hydroxylation is 2. The Balaban J connectivity index is 1.73. The molecule has 0 saturated heterocycles. The van der Waals surface area contributed by atoms with Crippen molar-refractivity contribution < 1.29 is 8.81 Å². The number of guanidine groups is 1. The van der Waals surface area contributed by atoms with Crippen molar-refractivity contribution in [2.24, 2.45) is 4.99 Å². The molecule has 1 aromatic carbocycles. The van der Waals surface area contributed by atoms with Crippen LogP contribution in [0, 0.1) is 19.7 Å². The lowest BCUT2D eigenvalue weighted by molar-refractivity contribution is 0.512. The minimum absolute atomic E-state index is 0.279. The number of anilines is 2. The molecule has 3 aromatic rings. The Morgan fingerprint density at radius 1 is 1.11 bits per heavy atom. The molecule has 28 heavy (non-hydrogen) atoms. The van der Waals surface area contributed by atoms with E-state index in [0.29, 0.717) is 29.9 Å². The van der Waals surface area contributed by atoms with Gasteiger partial charge in [0.15, 0.2) is 5.11 Å². The van der Waals surface area contributed by atoms with Crippen molar-refractivity contribution in [1.29, 1.82) is 0 Å². The van der Waals surface area contributed by atoms with Gasteiger partial charge in [-0.3, -0.25) is 5.32 Å². The molecule has 3 N–H and O–H groups in total. The molecule has 9 heteroatoms. The van der Waals surface area contributed by atoms with Crippen molar-refractivity contribution in [2.75, 3.05) is 10.6 Å². The van der Waals surface area contributed by atoms with Gasteiger partial charge in [0.05, 0.1) is 6.26 Å². The van der Waals surface area contributed by atoms with Gasteiger partial charge in [-0.05, 0) is 68.5 Å². The summed E-state index contributed by atoms with van der Waals surface area (Å²) in [5.74, 6) is 1.12. The molecule has 2 aromatic heterocycles. The first kappa shape index (κ1) is 19.4. The van der Waals surface area contributed by atoms with E-state index < -0.39 is 0 Å². The molecule has 0 aliphatic carbocycles. The lowest BCUT2D eigenvalue weighted by Crippen LogP contribution is -2.39. The molecule has 0 spiro atoms. The smallest absolute Gasteiger partial charge is 0.229 e. The number of hydrogen-bond donors (Lipinski definition) is 3. The van der Waals surface area contributed by atoms with Crippen LogP contribution in [0.3, 0.4) is 0 Å². The molecule has 3 rings (SSSR count). The average molecular weight is 398 g/mol. The second-order valence-corrected chi connectivity index (χ2v) is 6.34. The molecule has 0 atom stereocenters. The quantitative estimate of drug-likeness (QED) is 0.350. The van der Waals surface area contributed by atoms with Gasteiger partial charge in [0, 0.05) is 17.1 Å². The second kappa shape index (κ2) is 9.05. The molecule has 2 heterocycles. The highest BCUT2D eigenvalue weighted by molar-refractivity contribution is 7.80. The largest absolute Gasteiger partial charge is 0.467 e. The van der Waals surface area contributed by atoms with E-state index in [-0.39, 0.29) is 10.9 Å². The summed E-state index contributed by atoms with van der Waals surface area (Å²) in [6.45, 7) is 4.06. The third-order valence-corrected chi connectivity index (χ3v) is 3.72. The Bertz CT molecular complexity index is 952. The first-order valence-electron chi connectivity index (χ1n) is 8.47. The lowest BCUT2D eigenvalue weighted by atomic mass is 10.3. The van der Waals surface area contributed by atoms with Crippen molar-refractivity contribution >= 4 is 34.9 Å². The van der Waals surface area contributed by atoms with E-state index in [1.54, 1.807) is 24.5 Å². The summed E-state index contributed by atoms with van der Waals surface area (Å²) in [7, 11) is 0. The van der Waals surface area contributed by atoms with Gasteiger partial charge in [0.25, 0.3) is 0 Å². The minimum atomic E-state index is -0.321. The highest BCUT2D eigenvalue weighted by Gasteiger charge is 2.08. The lowest BCUT2D eigenvalue weighted by Gasteiger charge is -2.14. The van der Waals surface area contributed by atoms with Crippen LogP contribution >= 0.6 is 12.2 Å². The SMILES string of the molecule is Cc1cc(C)nc(NC(=NCc2ccco2)NC(=S)Nc2ccc(F)cc2)n1. The zero-order valence-electron chi connectivity index (χ0n) is 15.4. The van der Waals surface area contributed by atoms with Crippen molar-refractivity contribution in [3.63, 3.8) is 0 Å². The van der Waals surface area contributed by atoms with Gasteiger partial charge in [-0.2, -0.15) is 0 Å². The number of aromatic nitrogens is 2. The first-order valence-corrected chi connectivity index (χ1v) is 8.88. The maximum Gasteiger partial charge on any atom is 0.229 e. The fourth-order valence-electron chi connectivity index (χ4n) is 2.36. The molecular formula is C19H19FN6OS. The highest BCUT2D eigenvalue weighted by Crippen LogP contribution is 2.09. The summed E-state index contributed by atoms with van der Waals surface area (Å²) in [5.41, 5.74) is 2.30. The summed E-state index contributed by atoms with van der Waals surface area (Å²) in [4.78, 5) is 13.1. The van der Waals surface area contributed by atoms with Gasteiger partial charge in [-0.25, -0.2) is 19.4 Å². The second-order valence-electron chi connectivity index (χ2n) is 5.93. The Morgan fingerprint density at radius 3 is 2.46 bits per heavy atom. The van der Waals surface area contributed by atoms with Crippen LogP contribution in [0.2, 0.25) is 0 Å². The highest BCUT2D eigenvalue weighted by atomic mass is 32.1. The number of hydrogen-bond acceptors (Lipinski definition) is 5. The number of rotatable bonds is 4. The zero-order valence-corrected chi connectivity index (χ0v) is 16.2. The number of nitrogens with one attached hydrogen (secondary N) is 3. The van der Waals surface area contributed by atoms with Gasteiger partial charge in [-0.1, -0.05) is 0 Å². The summed E-state index contributed by atoms with van der Waals surface area (Å²) >= 11 is 5.33. The number of nitrogens with zero attached hydrogens (tertiary/aromatic N) is 3. The van der Waals surface area contributed by atoms with E-state index in [2.05, 4.69) is 30.9 Å². The Morgan fingerprint density at radius 2 is 1.82 bits per heavy atom. The van der Waals surface area contributed by atoms with Gasteiger partial charge in [0.2, 0.25) is 11.9 Å². The number of aliphatic imine (C=N–C) groups is 1. The van der Waals surface area contributed by atoms with E-state index in [0.717, 1.165) is 11.4 Å². The van der Waals surface area contributed by atoms with Crippen molar-refractivity contribution in [3.05, 3.63) is 71.7 Å². The summed E-state index contributed by atoms with van der Waals surface area (Å²) < 4.78 is 18.4. The van der Waals surface area contributed by atoms with Gasteiger partial charge in [-0.15, -0.1) is 0 Å². The predicted octanol–water partition coefficient (Wildman–Crippen LogP) is 3.78. The van der Waals surface area contributed by atoms with Crippen LogP contribution in [0.5, 0.6) is 0 Å². The Labute approximate surface area is 167 Å². The number of thiocarbonyl (C=S) groups is 1. The van der Waals surface area contributed by atoms with Crippen LogP contribution in [0.25, 0.3) is 0 Å². The van der Waals surface area contributed by atoms with Crippen molar-refractivity contribution in [3.8, 4) is 0 Å². The first-order chi connectivity index (χ1) is 13.5. The topological polar surface area (TPSA) is 87.4 Å². The molecule has 0 bridgehead atoms. The summed E-state index contributed by atoms with van der Waals surface area (Å²) in [6.07, 6.45) is 1.58. The fraction of sp³-hybridized carbons (Fsp3) is 0.158. The van der Waals surface area contributed by atoms with Crippen LogP contribution in [-0.2, 0) is 6.54 Å². The van der Waals surface area contributed by atoms with E-state index in [9.17, 15) is 4.39 Å². The standard InChI is InChI=1S/C19H19FN6OS/c1-12-10-13(2)23-18(22-12)25-17(21-11-16-4-3-9-27-16)26-19(28)24-15-7-5-14(20)6-8-15/h3-10H,11H2,1-2H3,(H3,21,22,23,24,25,26,28). The van der Waals surface area contributed by atoms with Crippen LogP contribution in [0.4, 0.5) is 16.0 Å². The van der Waals surface area contributed by atoms with Crippen molar-refractivity contribution in [2.45, 2.75) is 20.4 Å². The summed E-state index contributed by atoms with van der Waals surface area (Å²) in [6, 6.07) is 11.4. The average Bonchev–Trinajstić information content (AvgIpc) is 3.14. The Hall–Kier alpha value is -3.33. The molecule has 0 radical (unpaired) electrons. The molecule has 0 fully saturated rings. The fourth-order valence-corrected chi connectivity index (χ4v) is 2.58. The number of furan rings is 1. The zero-order chi connectivity index (χ0) is 19.9. The van der Waals surface area contributed by atoms with Crippen molar-refractivity contribution in [1.82, 2.24) is 15.3 Å². The monoisotopic (exact) mass is 398 g/mol. The predicted molar refractivity (Wildman–Crippen MR) is 111 cm³/mol. The maximum atomic E-state index is 13.0. The van der Waals surface area contributed by atoms with E-state index in [4.69, 9.17) is 16.6 Å². The normalized spacial score (nSPS) is 11.2. The van der Waals surface area contributed by atoms with E-state index >= 15 is 0 Å². The van der Waals surface area contributed by atoms with Gasteiger partial charge >= 0.3 is 0 Å². The van der Waals surface area contributed by atoms with Crippen LogP contribution < -0.4 is 16.0 Å². The Kier molecular flexibility index (Phi) is 6.28. The summed E-state index contributed by atoms with van der Waals surface area (Å²) in [5, 5.41) is 9.26. The molecule has 144 valence electrons. The van der Waals surface area contributed by atoms with Gasteiger partial charge < -0.3 is 15.1 Å². The molecule has 0 amide bonds. The number of benzene rings is 1. The van der Waals surface area contributed by atoms with Crippen LogP contribution in [-0.4, -0.2) is 21.0 Å². The molecule has 0 saturated carbocycles. The molecule has 0 aliphatic heterocycles. The van der Waals surface area contributed by atoms with Gasteiger partial charge in [0.1, 0.15) is 18.1 Å². The molecule has 7 nitrogen and oxygen atoms in total. The van der Waals surface area contributed by atoms with E-state index in [1.165, 1.54) is 12.1 Å². The third kappa shape index (κ3) is 5.85. The van der Waals surface area contributed by atoms with Crippen LogP contribution in [0.15, 0.2) is 58.1 Å². The molecule has 0 aliphatic rings. The number of halogens is 1.